The Labute approximate surface area is 173 Å². The van der Waals surface area contributed by atoms with Crippen molar-refractivity contribution in [3.8, 4) is 0 Å². The fourth-order valence-electron chi connectivity index (χ4n) is 3.61. The van der Waals surface area contributed by atoms with Crippen LogP contribution < -0.4 is 4.90 Å². The minimum atomic E-state index is -3.08. The Bertz CT molecular complexity index is 948. The first-order valence-electron chi connectivity index (χ1n) is 9.76. The van der Waals surface area contributed by atoms with Gasteiger partial charge in [0.2, 0.25) is 0 Å². The van der Waals surface area contributed by atoms with Gasteiger partial charge in [0.05, 0.1) is 5.75 Å². The summed E-state index contributed by atoms with van der Waals surface area (Å²) in [6.45, 7) is 3.83. The van der Waals surface area contributed by atoms with Gasteiger partial charge in [0.15, 0.2) is 9.84 Å². The highest BCUT2D eigenvalue weighted by Crippen LogP contribution is 2.20. The zero-order valence-corrected chi connectivity index (χ0v) is 18.2. The quantitative estimate of drug-likeness (QED) is 0.724. The molecular weight excluding hydrogens is 386 g/mol. The summed E-state index contributed by atoms with van der Waals surface area (Å²) in [6.07, 6.45) is 1.21. The Balaban J connectivity index is 1.59. The summed E-state index contributed by atoms with van der Waals surface area (Å²) in [5.41, 5.74) is 3.77. The number of piperazine rings is 1. The summed E-state index contributed by atoms with van der Waals surface area (Å²) in [7, 11) is 1.04. The molecule has 0 bridgehead atoms. The number of carbonyl (C=O) groups is 1. The lowest BCUT2D eigenvalue weighted by atomic mass is 10.1. The fourth-order valence-corrected chi connectivity index (χ4v) is 4.41. The van der Waals surface area contributed by atoms with Gasteiger partial charge < -0.3 is 14.7 Å². The summed E-state index contributed by atoms with van der Waals surface area (Å²) in [5, 5.41) is 0. The van der Waals surface area contributed by atoms with Crippen LogP contribution in [0.5, 0.6) is 0 Å². The molecule has 29 heavy (non-hydrogen) atoms. The third-order valence-corrected chi connectivity index (χ3v) is 5.83. The van der Waals surface area contributed by atoms with Gasteiger partial charge in [-0.2, -0.15) is 0 Å². The monoisotopic (exact) mass is 415 g/mol. The van der Waals surface area contributed by atoms with Gasteiger partial charge >= 0.3 is 0 Å². The van der Waals surface area contributed by atoms with E-state index in [-0.39, 0.29) is 11.7 Å². The molecule has 2 aromatic carbocycles. The molecule has 0 radical (unpaired) electrons. The highest BCUT2D eigenvalue weighted by Gasteiger charge is 2.22. The van der Waals surface area contributed by atoms with Crippen molar-refractivity contribution in [2.24, 2.45) is 0 Å². The summed E-state index contributed by atoms with van der Waals surface area (Å²) in [6, 6.07) is 15.5. The van der Waals surface area contributed by atoms with Crippen molar-refractivity contribution in [2.45, 2.75) is 12.3 Å². The number of rotatable bonds is 6. The number of hydrogen-bond donors (Lipinski definition) is 0. The molecule has 1 aliphatic heterocycles. The van der Waals surface area contributed by atoms with Crippen molar-refractivity contribution in [2.75, 3.05) is 51.4 Å². The third-order valence-electron chi connectivity index (χ3n) is 4.97. The lowest BCUT2D eigenvalue weighted by molar-refractivity contribution is 0.0747. The zero-order chi connectivity index (χ0) is 21.0. The maximum Gasteiger partial charge on any atom is 0.253 e. The van der Waals surface area contributed by atoms with Gasteiger partial charge in [0, 0.05) is 50.2 Å². The SMILES string of the molecule is CN(C)Cc1cccc(N2CCN(C(=O)c3ccc(CS(C)(=O)=O)cc3)CC2)c1. The third kappa shape index (κ3) is 6.05. The molecule has 0 atom stereocenters. The normalized spacial score (nSPS) is 15.0. The topological polar surface area (TPSA) is 60.9 Å². The fraction of sp³-hybridized carbons (Fsp3) is 0.409. The van der Waals surface area contributed by atoms with Gasteiger partial charge in [-0.15, -0.1) is 0 Å². The Kier molecular flexibility index (Phi) is 6.59. The van der Waals surface area contributed by atoms with Crippen LogP contribution in [0.1, 0.15) is 21.5 Å². The van der Waals surface area contributed by atoms with Crippen LogP contribution in [0.2, 0.25) is 0 Å². The largest absolute Gasteiger partial charge is 0.368 e. The molecule has 3 rings (SSSR count). The smallest absolute Gasteiger partial charge is 0.253 e. The molecule has 1 saturated heterocycles. The molecule has 1 heterocycles. The average molecular weight is 416 g/mol. The molecule has 1 amide bonds. The van der Waals surface area contributed by atoms with Gasteiger partial charge in [0.1, 0.15) is 0 Å². The van der Waals surface area contributed by atoms with Crippen LogP contribution in [-0.4, -0.2) is 70.7 Å². The van der Waals surface area contributed by atoms with Crippen LogP contribution in [-0.2, 0) is 22.1 Å². The average Bonchev–Trinajstić information content (AvgIpc) is 2.67. The van der Waals surface area contributed by atoms with E-state index in [4.69, 9.17) is 0 Å². The van der Waals surface area contributed by atoms with E-state index in [2.05, 4.69) is 48.2 Å². The van der Waals surface area contributed by atoms with Crippen molar-refractivity contribution in [1.82, 2.24) is 9.80 Å². The molecule has 0 aliphatic carbocycles. The van der Waals surface area contributed by atoms with Crippen molar-refractivity contribution >= 4 is 21.4 Å². The summed E-state index contributed by atoms with van der Waals surface area (Å²) >= 11 is 0. The van der Waals surface area contributed by atoms with E-state index in [1.54, 1.807) is 24.3 Å². The van der Waals surface area contributed by atoms with E-state index in [0.717, 1.165) is 19.6 Å². The van der Waals surface area contributed by atoms with E-state index < -0.39 is 9.84 Å². The number of benzene rings is 2. The molecule has 1 fully saturated rings. The Morgan fingerprint density at radius 1 is 0.966 bits per heavy atom. The maximum atomic E-state index is 12.8. The second kappa shape index (κ2) is 8.97. The first-order valence-corrected chi connectivity index (χ1v) is 11.8. The summed E-state index contributed by atoms with van der Waals surface area (Å²) in [4.78, 5) is 19.1. The molecule has 0 N–H and O–H groups in total. The molecule has 156 valence electrons. The standard InChI is InChI=1S/C22H29N3O3S/c1-23(2)16-19-5-4-6-21(15-19)24-11-13-25(14-12-24)22(26)20-9-7-18(8-10-20)17-29(3,27)28/h4-10,15H,11-14,16-17H2,1-3H3. The van der Waals surface area contributed by atoms with Crippen LogP contribution in [0, 0.1) is 0 Å². The lowest BCUT2D eigenvalue weighted by Gasteiger charge is -2.36. The van der Waals surface area contributed by atoms with E-state index in [9.17, 15) is 13.2 Å². The molecule has 0 spiro atoms. The predicted molar refractivity (Wildman–Crippen MR) is 117 cm³/mol. The highest BCUT2D eigenvalue weighted by atomic mass is 32.2. The minimum Gasteiger partial charge on any atom is -0.368 e. The lowest BCUT2D eigenvalue weighted by Crippen LogP contribution is -2.48. The van der Waals surface area contributed by atoms with Crippen molar-refractivity contribution in [1.29, 1.82) is 0 Å². The first kappa shape index (κ1) is 21.3. The molecule has 6 nitrogen and oxygen atoms in total. The number of sulfone groups is 1. The molecule has 0 aromatic heterocycles. The number of hydrogen-bond acceptors (Lipinski definition) is 5. The summed E-state index contributed by atoms with van der Waals surface area (Å²) in [5.74, 6) is -0.00977. The van der Waals surface area contributed by atoms with E-state index >= 15 is 0 Å². The van der Waals surface area contributed by atoms with Crippen LogP contribution in [0.25, 0.3) is 0 Å². The zero-order valence-electron chi connectivity index (χ0n) is 17.3. The van der Waals surface area contributed by atoms with Gasteiger partial charge in [0.25, 0.3) is 5.91 Å². The van der Waals surface area contributed by atoms with E-state index in [1.807, 2.05) is 4.90 Å². The number of carbonyl (C=O) groups excluding carboxylic acids is 1. The van der Waals surface area contributed by atoms with Crippen molar-refractivity contribution in [3.05, 3.63) is 65.2 Å². The van der Waals surface area contributed by atoms with Crippen molar-refractivity contribution < 1.29 is 13.2 Å². The molecule has 0 unspecified atom stereocenters. The Hall–Kier alpha value is -2.38. The molecular formula is C22H29N3O3S. The Morgan fingerprint density at radius 2 is 1.62 bits per heavy atom. The molecule has 1 aliphatic rings. The van der Waals surface area contributed by atoms with Crippen LogP contribution in [0.15, 0.2) is 48.5 Å². The first-order chi connectivity index (χ1) is 13.7. The van der Waals surface area contributed by atoms with Gasteiger partial charge in [-0.25, -0.2) is 8.42 Å². The highest BCUT2D eigenvalue weighted by molar-refractivity contribution is 7.89. The van der Waals surface area contributed by atoms with Gasteiger partial charge in [-0.1, -0.05) is 24.3 Å². The second-order valence-electron chi connectivity index (χ2n) is 7.95. The van der Waals surface area contributed by atoms with Gasteiger partial charge in [-0.3, -0.25) is 4.79 Å². The van der Waals surface area contributed by atoms with Crippen LogP contribution in [0.4, 0.5) is 5.69 Å². The minimum absolute atomic E-state index is 0.00286. The van der Waals surface area contributed by atoms with Crippen molar-refractivity contribution in [3.63, 3.8) is 0 Å². The Morgan fingerprint density at radius 3 is 2.21 bits per heavy atom. The van der Waals surface area contributed by atoms with E-state index in [1.165, 1.54) is 17.5 Å². The van der Waals surface area contributed by atoms with Gasteiger partial charge in [-0.05, 0) is 49.5 Å². The number of anilines is 1. The second-order valence-corrected chi connectivity index (χ2v) is 10.1. The van der Waals surface area contributed by atoms with Crippen LogP contribution in [0.3, 0.4) is 0 Å². The molecule has 7 heteroatoms. The molecule has 2 aromatic rings. The number of amides is 1. The molecule has 0 saturated carbocycles. The van der Waals surface area contributed by atoms with E-state index in [0.29, 0.717) is 24.2 Å². The predicted octanol–water partition coefficient (Wildman–Crippen LogP) is 2.26. The number of nitrogens with zero attached hydrogens (tertiary/aromatic N) is 3. The summed E-state index contributed by atoms with van der Waals surface area (Å²) < 4.78 is 22.8. The van der Waals surface area contributed by atoms with Crippen LogP contribution >= 0.6 is 0 Å². The maximum absolute atomic E-state index is 12.8.